The highest BCUT2D eigenvalue weighted by molar-refractivity contribution is 7.92. The fourth-order valence-electron chi connectivity index (χ4n) is 4.49. The van der Waals surface area contributed by atoms with Crippen molar-refractivity contribution in [2.45, 2.75) is 51.6 Å². The molecule has 0 aromatic heterocycles. The van der Waals surface area contributed by atoms with Crippen LogP contribution in [0.1, 0.15) is 43.7 Å². The van der Waals surface area contributed by atoms with E-state index >= 15 is 0 Å². The molecule has 0 spiro atoms. The van der Waals surface area contributed by atoms with Crippen LogP contribution in [-0.4, -0.2) is 50.5 Å². The Balaban J connectivity index is 1.86. The third-order valence-electron chi connectivity index (χ3n) is 6.54. The first-order valence-corrected chi connectivity index (χ1v) is 15.8. The van der Waals surface area contributed by atoms with Gasteiger partial charge in [0.25, 0.3) is 0 Å². The Kier molecular flexibility index (Phi) is 12.0. The molecule has 0 aliphatic carbocycles. The van der Waals surface area contributed by atoms with Crippen LogP contribution in [0.5, 0.6) is 0 Å². The number of unbranched alkanes of at least 4 members (excludes halogenated alkanes) is 1. The van der Waals surface area contributed by atoms with Crippen molar-refractivity contribution < 1.29 is 18.0 Å². The average Bonchev–Trinajstić information content (AvgIpc) is 2.93. The van der Waals surface area contributed by atoms with Gasteiger partial charge in [-0.05, 0) is 48.2 Å². The molecule has 0 saturated heterocycles. The van der Waals surface area contributed by atoms with Crippen LogP contribution < -0.4 is 9.62 Å². The zero-order chi connectivity index (χ0) is 29.0. The average molecular weight is 584 g/mol. The van der Waals surface area contributed by atoms with Crippen LogP contribution in [0.15, 0.2) is 84.9 Å². The quantitative estimate of drug-likeness (QED) is 0.241. The molecule has 1 N–H and O–H groups in total. The molecule has 0 saturated carbocycles. The number of sulfonamides is 1. The minimum atomic E-state index is -3.54. The van der Waals surface area contributed by atoms with E-state index < -0.39 is 16.1 Å². The SMILES string of the molecule is CCCCNC(=O)[C@H](Cc1ccccc1)N(Cc1cccc(Cl)c1)C(=O)CCCN(c1ccccc1)S(C)(=O)=O. The Morgan fingerprint density at radius 3 is 2.17 bits per heavy atom. The van der Waals surface area contributed by atoms with E-state index in [0.717, 1.165) is 30.2 Å². The van der Waals surface area contributed by atoms with Crippen LogP contribution in [0.3, 0.4) is 0 Å². The molecule has 0 bridgehead atoms. The Morgan fingerprint density at radius 1 is 0.900 bits per heavy atom. The Labute approximate surface area is 243 Å². The second-order valence-electron chi connectivity index (χ2n) is 9.78. The summed E-state index contributed by atoms with van der Waals surface area (Å²) in [6, 6.07) is 24.9. The summed E-state index contributed by atoms with van der Waals surface area (Å²) < 4.78 is 26.3. The van der Waals surface area contributed by atoms with Gasteiger partial charge in [-0.25, -0.2) is 8.42 Å². The summed E-state index contributed by atoms with van der Waals surface area (Å²) >= 11 is 6.24. The molecule has 0 aliphatic rings. The van der Waals surface area contributed by atoms with Crippen molar-refractivity contribution in [2.24, 2.45) is 0 Å². The lowest BCUT2D eigenvalue weighted by molar-refractivity contribution is -0.141. The Morgan fingerprint density at radius 2 is 1.55 bits per heavy atom. The number of halogens is 1. The van der Waals surface area contributed by atoms with Gasteiger partial charge in [0.2, 0.25) is 21.8 Å². The number of benzene rings is 3. The van der Waals surface area contributed by atoms with Gasteiger partial charge >= 0.3 is 0 Å². The molecular formula is C31H38ClN3O4S. The second-order valence-corrected chi connectivity index (χ2v) is 12.1. The summed E-state index contributed by atoms with van der Waals surface area (Å²) in [7, 11) is -3.54. The molecule has 7 nitrogen and oxygen atoms in total. The van der Waals surface area contributed by atoms with Gasteiger partial charge in [-0.15, -0.1) is 0 Å². The van der Waals surface area contributed by atoms with E-state index in [-0.39, 0.29) is 31.3 Å². The Hall–Kier alpha value is -3.36. The summed E-state index contributed by atoms with van der Waals surface area (Å²) in [4.78, 5) is 28.9. The van der Waals surface area contributed by atoms with Crippen molar-refractivity contribution >= 4 is 39.1 Å². The summed E-state index contributed by atoms with van der Waals surface area (Å²) in [5.41, 5.74) is 2.29. The van der Waals surface area contributed by atoms with Crippen LogP contribution >= 0.6 is 11.6 Å². The van der Waals surface area contributed by atoms with Crippen LogP contribution in [0.2, 0.25) is 5.02 Å². The molecule has 40 heavy (non-hydrogen) atoms. The number of hydrogen-bond donors (Lipinski definition) is 1. The molecule has 3 aromatic rings. The maximum atomic E-state index is 13.8. The standard InChI is InChI=1S/C31H38ClN3O4S/c1-3-4-20-33-31(37)29(23-25-13-7-5-8-14-25)34(24-26-15-11-16-27(32)22-26)30(36)19-12-21-35(40(2,38)39)28-17-9-6-10-18-28/h5-11,13-18,22,29H,3-4,12,19-21,23-24H2,1-2H3,(H,33,37)/t29-/m0/s1. The van der Waals surface area contributed by atoms with Crippen molar-refractivity contribution in [3.8, 4) is 0 Å². The first kappa shape index (κ1) is 31.2. The van der Waals surface area contributed by atoms with Crippen molar-refractivity contribution in [3.05, 3.63) is 101 Å². The molecule has 1 atom stereocenters. The maximum Gasteiger partial charge on any atom is 0.243 e. The van der Waals surface area contributed by atoms with Crippen LogP contribution in [0, 0.1) is 0 Å². The fraction of sp³-hybridized carbons (Fsp3) is 0.355. The van der Waals surface area contributed by atoms with E-state index in [2.05, 4.69) is 12.2 Å². The van der Waals surface area contributed by atoms with Gasteiger partial charge in [-0.1, -0.05) is 85.6 Å². The zero-order valence-electron chi connectivity index (χ0n) is 23.1. The highest BCUT2D eigenvalue weighted by atomic mass is 35.5. The lowest BCUT2D eigenvalue weighted by atomic mass is 10.0. The van der Waals surface area contributed by atoms with Gasteiger partial charge in [0.1, 0.15) is 6.04 Å². The number of hydrogen-bond acceptors (Lipinski definition) is 4. The van der Waals surface area contributed by atoms with E-state index in [4.69, 9.17) is 11.6 Å². The van der Waals surface area contributed by atoms with Gasteiger partial charge in [0.15, 0.2) is 0 Å². The van der Waals surface area contributed by atoms with Gasteiger partial charge in [0, 0.05) is 37.5 Å². The first-order valence-electron chi connectivity index (χ1n) is 13.6. The number of nitrogens with one attached hydrogen (secondary N) is 1. The summed E-state index contributed by atoms with van der Waals surface area (Å²) in [5, 5.41) is 3.55. The molecule has 214 valence electrons. The molecule has 0 aliphatic heterocycles. The third kappa shape index (κ3) is 9.68. The number of nitrogens with zero attached hydrogens (tertiary/aromatic N) is 2. The number of carbonyl (C=O) groups excluding carboxylic acids is 2. The van der Waals surface area contributed by atoms with Crippen molar-refractivity contribution in [2.75, 3.05) is 23.7 Å². The summed E-state index contributed by atoms with van der Waals surface area (Å²) in [6.07, 6.45) is 3.66. The molecular weight excluding hydrogens is 546 g/mol. The van der Waals surface area contributed by atoms with Gasteiger partial charge < -0.3 is 10.2 Å². The number of carbonyl (C=O) groups is 2. The smallest absolute Gasteiger partial charge is 0.243 e. The van der Waals surface area contributed by atoms with Crippen LogP contribution in [0.4, 0.5) is 5.69 Å². The van der Waals surface area contributed by atoms with Crippen molar-refractivity contribution in [1.82, 2.24) is 10.2 Å². The van der Waals surface area contributed by atoms with Crippen molar-refractivity contribution in [1.29, 1.82) is 0 Å². The molecule has 3 aromatic carbocycles. The second kappa shape index (κ2) is 15.4. The summed E-state index contributed by atoms with van der Waals surface area (Å²) in [5.74, 6) is -0.442. The fourth-order valence-corrected chi connectivity index (χ4v) is 5.67. The number of amides is 2. The van der Waals surface area contributed by atoms with Crippen molar-refractivity contribution in [3.63, 3.8) is 0 Å². The van der Waals surface area contributed by atoms with Gasteiger partial charge in [0.05, 0.1) is 11.9 Å². The topological polar surface area (TPSA) is 86.8 Å². The minimum Gasteiger partial charge on any atom is -0.354 e. The largest absolute Gasteiger partial charge is 0.354 e. The minimum absolute atomic E-state index is 0.0763. The third-order valence-corrected chi connectivity index (χ3v) is 7.97. The van der Waals surface area contributed by atoms with Gasteiger partial charge in [-0.3, -0.25) is 13.9 Å². The predicted molar refractivity (Wildman–Crippen MR) is 162 cm³/mol. The highest BCUT2D eigenvalue weighted by Crippen LogP contribution is 2.21. The molecule has 3 rings (SSSR count). The molecule has 0 heterocycles. The van der Waals surface area contributed by atoms with E-state index in [0.29, 0.717) is 30.1 Å². The molecule has 0 fully saturated rings. The van der Waals surface area contributed by atoms with Crippen LogP contribution in [0.25, 0.3) is 0 Å². The molecule has 9 heteroatoms. The lowest BCUT2D eigenvalue weighted by Gasteiger charge is -2.32. The Bertz CT molecular complexity index is 1340. The van der Waals surface area contributed by atoms with Gasteiger partial charge in [-0.2, -0.15) is 0 Å². The monoisotopic (exact) mass is 583 g/mol. The van der Waals surface area contributed by atoms with E-state index in [1.807, 2.05) is 48.5 Å². The molecule has 0 radical (unpaired) electrons. The van der Waals surface area contributed by atoms with Crippen LogP contribution in [-0.2, 0) is 32.6 Å². The number of rotatable bonds is 15. The zero-order valence-corrected chi connectivity index (χ0v) is 24.7. The number of anilines is 1. The lowest BCUT2D eigenvalue weighted by Crippen LogP contribution is -2.50. The molecule has 2 amide bonds. The maximum absolute atomic E-state index is 13.8. The highest BCUT2D eigenvalue weighted by Gasteiger charge is 2.30. The predicted octanol–water partition coefficient (Wildman–Crippen LogP) is 5.44. The van der Waals surface area contributed by atoms with E-state index in [1.54, 1.807) is 41.3 Å². The van der Waals surface area contributed by atoms with E-state index in [1.165, 1.54) is 4.31 Å². The number of para-hydroxylation sites is 1. The normalized spacial score (nSPS) is 12.0. The van der Waals surface area contributed by atoms with E-state index in [9.17, 15) is 18.0 Å². The first-order chi connectivity index (χ1) is 19.2. The summed E-state index contributed by atoms with van der Waals surface area (Å²) in [6.45, 7) is 2.93. The molecule has 0 unspecified atom stereocenters.